The van der Waals surface area contributed by atoms with E-state index in [4.69, 9.17) is 5.11 Å². The average molecular weight is 201 g/mol. The number of aliphatic hydroxyl groups excluding tert-OH is 1. The van der Waals surface area contributed by atoms with Crippen LogP contribution in [-0.4, -0.2) is 23.7 Å². The molecule has 0 aliphatic rings. The third kappa shape index (κ3) is 5.22. The van der Waals surface area contributed by atoms with Gasteiger partial charge >= 0.3 is 0 Å². The Morgan fingerprint density at radius 3 is 2.14 bits per heavy atom. The van der Waals surface area contributed by atoms with Crippen LogP contribution in [0.4, 0.5) is 0 Å². The summed E-state index contributed by atoms with van der Waals surface area (Å²) in [5.41, 5.74) is 0. The van der Waals surface area contributed by atoms with Crippen molar-refractivity contribution in [3.8, 4) is 0 Å². The van der Waals surface area contributed by atoms with Gasteiger partial charge in [0.05, 0.1) is 6.61 Å². The molecule has 0 saturated carbocycles. The second-order valence-corrected chi connectivity index (χ2v) is 3.87. The minimum absolute atomic E-state index is 0.0106. The molecule has 0 saturated heterocycles. The SMILES string of the molecule is CCCC(CCC)C(=O)N[C@H](C)CO. The number of hydrogen-bond acceptors (Lipinski definition) is 2. The molecule has 1 amide bonds. The summed E-state index contributed by atoms with van der Waals surface area (Å²) < 4.78 is 0. The Hall–Kier alpha value is -0.570. The van der Waals surface area contributed by atoms with E-state index in [9.17, 15) is 4.79 Å². The van der Waals surface area contributed by atoms with E-state index in [1.165, 1.54) is 0 Å². The summed E-state index contributed by atoms with van der Waals surface area (Å²) in [7, 11) is 0. The maximum atomic E-state index is 11.7. The molecule has 0 aliphatic carbocycles. The zero-order valence-electron chi connectivity index (χ0n) is 9.55. The first kappa shape index (κ1) is 13.4. The van der Waals surface area contributed by atoms with E-state index < -0.39 is 0 Å². The van der Waals surface area contributed by atoms with Crippen LogP contribution in [0, 0.1) is 5.92 Å². The monoisotopic (exact) mass is 201 g/mol. The van der Waals surface area contributed by atoms with Crippen LogP contribution < -0.4 is 5.32 Å². The maximum absolute atomic E-state index is 11.7. The molecule has 0 aliphatic heterocycles. The quantitative estimate of drug-likeness (QED) is 0.658. The van der Waals surface area contributed by atoms with Crippen molar-refractivity contribution in [1.29, 1.82) is 0 Å². The van der Waals surface area contributed by atoms with Crippen molar-refractivity contribution in [3.05, 3.63) is 0 Å². The van der Waals surface area contributed by atoms with Crippen LogP contribution in [0.25, 0.3) is 0 Å². The van der Waals surface area contributed by atoms with Crippen LogP contribution in [0.1, 0.15) is 46.5 Å². The Kier molecular flexibility index (Phi) is 7.48. The molecule has 0 aromatic rings. The Balaban J connectivity index is 4.00. The maximum Gasteiger partial charge on any atom is 0.223 e. The molecule has 3 heteroatoms. The number of carbonyl (C=O) groups is 1. The van der Waals surface area contributed by atoms with Gasteiger partial charge < -0.3 is 10.4 Å². The van der Waals surface area contributed by atoms with Crippen molar-refractivity contribution in [2.45, 2.75) is 52.5 Å². The predicted molar refractivity (Wildman–Crippen MR) is 58.0 cm³/mol. The number of hydrogen-bond donors (Lipinski definition) is 2. The van der Waals surface area contributed by atoms with E-state index >= 15 is 0 Å². The molecule has 0 heterocycles. The molecule has 0 fully saturated rings. The van der Waals surface area contributed by atoms with Gasteiger partial charge in [-0.2, -0.15) is 0 Å². The van der Waals surface area contributed by atoms with E-state index in [2.05, 4.69) is 19.2 Å². The second kappa shape index (κ2) is 7.80. The molecule has 0 aromatic carbocycles. The van der Waals surface area contributed by atoms with Crippen molar-refractivity contribution in [2.24, 2.45) is 5.92 Å². The summed E-state index contributed by atoms with van der Waals surface area (Å²) in [6, 6.07) is -0.126. The molecule has 0 bridgehead atoms. The van der Waals surface area contributed by atoms with Gasteiger partial charge in [-0.3, -0.25) is 4.79 Å². The van der Waals surface area contributed by atoms with Gasteiger partial charge in [-0.25, -0.2) is 0 Å². The van der Waals surface area contributed by atoms with Crippen LogP contribution in [0.2, 0.25) is 0 Å². The molecule has 0 rings (SSSR count). The van der Waals surface area contributed by atoms with E-state index in [1.807, 2.05) is 6.92 Å². The summed E-state index contributed by atoms with van der Waals surface area (Å²) in [5.74, 6) is 0.217. The Morgan fingerprint density at radius 2 is 1.79 bits per heavy atom. The minimum atomic E-state index is -0.126. The Labute approximate surface area is 86.9 Å². The Bertz CT molecular complexity index is 153. The molecule has 0 aromatic heterocycles. The zero-order chi connectivity index (χ0) is 11.0. The molecular formula is C11H23NO2. The normalized spacial score (nSPS) is 12.9. The van der Waals surface area contributed by atoms with Gasteiger partial charge in [-0.15, -0.1) is 0 Å². The van der Waals surface area contributed by atoms with E-state index in [0.29, 0.717) is 0 Å². The average Bonchev–Trinajstić information content (AvgIpc) is 2.17. The summed E-state index contributed by atoms with van der Waals surface area (Å²) in [5, 5.41) is 11.6. The zero-order valence-corrected chi connectivity index (χ0v) is 9.55. The number of rotatable bonds is 7. The highest BCUT2D eigenvalue weighted by Gasteiger charge is 2.17. The van der Waals surface area contributed by atoms with Gasteiger partial charge in [0.2, 0.25) is 5.91 Å². The summed E-state index contributed by atoms with van der Waals surface area (Å²) >= 11 is 0. The number of amides is 1. The molecule has 0 radical (unpaired) electrons. The molecule has 84 valence electrons. The Morgan fingerprint density at radius 1 is 1.29 bits per heavy atom. The third-order valence-electron chi connectivity index (χ3n) is 2.31. The van der Waals surface area contributed by atoms with Crippen LogP contribution in [0.3, 0.4) is 0 Å². The summed E-state index contributed by atoms with van der Waals surface area (Å²) in [6.07, 6.45) is 3.95. The van der Waals surface area contributed by atoms with Gasteiger partial charge in [0, 0.05) is 12.0 Å². The molecular weight excluding hydrogens is 178 g/mol. The van der Waals surface area contributed by atoms with Crippen LogP contribution in [-0.2, 0) is 4.79 Å². The molecule has 3 nitrogen and oxygen atoms in total. The van der Waals surface area contributed by atoms with Gasteiger partial charge in [-0.05, 0) is 19.8 Å². The van der Waals surface area contributed by atoms with Crippen molar-refractivity contribution in [2.75, 3.05) is 6.61 Å². The molecule has 14 heavy (non-hydrogen) atoms. The fraction of sp³-hybridized carbons (Fsp3) is 0.909. The van der Waals surface area contributed by atoms with Crippen molar-refractivity contribution >= 4 is 5.91 Å². The smallest absolute Gasteiger partial charge is 0.223 e. The van der Waals surface area contributed by atoms with Gasteiger partial charge in [0.25, 0.3) is 0 Å². The summed E-state index contributed by atoms with van der Waals surface area (Å²) in [4.78, 5) is 11.7. The van der Waals surface area contributed by atoms with Gasteiger partial charge in [0.1, 0.15) is 0 Å². The van der Waals surface area contributed by atoms with Gasteiger partial charge in [-0.1, -0.05) is 26.7 Å². The van der Waals surface area contributed by atoms with Crippen molar-refractivity contribution in [3.63, 3.8) is 0 Å². The first-order valence-corrected chi connectivity index (χ1v) is 5.56. The van der Waals surface area contributed by atoms with E-state index in [-0.39, 0.29) is 24.5 Å². The lowest BCUT2D eigenvalue weighted by Crippen LogP contribution is -2.39. The fourth-order valence-electron chi connectivity index (χ4n) is 1.51. The predicted octanol–water partition coefficient (Wildman–Crippen LogP) is 1.70. The molecule has 0 spiro atoms. The highest BCUT2D eigenvalue weighted by Crippen LogP contribution is 2.13. The number of nitrogens with one attached hydrogen (secondary N) is 1. The van der Waals surface area contributed by atoms with E-state index in [0.717, 1.165) is 25.7 Å². The molecule has 2 N–H and O–H groups in total. The molecule has 1 atom stereocenters. The van der Waals surface area contributed by atoms with Crippen LogP contribution in [0.5, 0.6) is 0 Å². The highest BCUT2D eigenvalue weighted by atomic mass is 16.3. The lowest BCUT2D eigenvalue weighted by Gasteiger charge is -2.18. The first-order chi connectivity index (χ1) is 6.65. The van der Waals surface area contributed by atoms with Gasteiger partial charge in [0.15, 0.2) is 0 Å². The standard InChI is InChI=1S/C11H23NO2/c1-4-6-10(7-5-2)11(14)12-9(3)8-13/h9-10,13H,4-8H2,1-3H3,(H,12,14)/t9-/m1/s1. The second-order valence-electron chi connectivity index (χ2n) is 3.87. The largest absolute Gasteiger partial charge is 0.394 e. The van der Waals surface area contributed by atoms with Crippen molar-refractivity contribution < 1.29 is 9.90 Å². The van der Waals surface area contributed by atoms with Crippen LogP contribution in [0.15, 0.2) is 0 Å². The van der Waals surface area contributed by atoms with Crippen molar-refractivity contribution in [1.82, 2.24) is 5.32 Å². The fourth-order valence-corrected chi connectivity index (χ4v) is 1.51. The molecule has 0 unspecified atom stereocenters. The highest BCUT2D eigenvalue weighted by molar-refractivity contribution is 5.78. The lowest BCUT2D eigenvalue weighted by atomic mass is 9.97. The third-order valence-corrected chi connectivity index (χ3v) is 2.31. The lowest BCUT2D eigenvalue weighted by molar-refractivity contribution is -0.126. The first-order valence-electron chi connectivity index (χ1n) is 5.56. The van der Waals surface area contributed by atoms with E-state index in [1.54, 1.807) is 0 Å². The number of carbonyl (C=O) groups excluding carboxylic acids is 1. The summed E-state index contributed by atoms with van der Waals surface area (Å²) in [6.45, 7) is 6.00. The number of aliphatic hydroxyl groups is 1. The van der Waals surface area contributed by atoms with Crippen LogP contribution >= 0.6 is 0 Å². The minimum Gasteiger partial charge on any atom is -0.394 e. The topological polar surface area (TPSA) is 49.3 Å².